The predicted octanol–water partition coefficient (Wildman–Crippen LogP) is 1.05. The van der Waals surface area contributed by atoms with E-state index in [0.717, 1.165) is 6.26 Å². The molecule has 34 heavy (non-hydrogen) atoms. The third kappa shape index (κ3) is 6.74. The van der Waals surface area contributed by atoms with Gasteiger partial charge in [-0.2, -0.15) is 13.2 Å². The Morgan fingerprint density at radius 1 is 1.44 bits per heavy atom. The van der Waals surface area contributed by atoms with Crippen LogP contribution in [-0.2, 0) is 0 Å². The first-order chi connectivity index (χ1) is 16.2. The first-order valence-corrected chi connectivity index (χ1v) is 10.3. The van der Waals surface area contributed by atoms with Crippen LogP contribution in [0.3, 0.4) is 0 Å². The molecule has 1 atom stereocenters. The maximum atomic E-state index is 12.7. The number of rotatable bonds is 9. The minimum Gasteiger partial charge on any atom is -0.444 e. The van der Waals surface area contributed by atoms with Crippen molar-refractivity contribution < 1.29 is 27.5 Å². The van der Waals surface area contributed by atoms with E-state index >= 15 is 0 Å². The Morgan fingerprint density at radius 3 is 2.94 bits per heavy atom. The second-order valence-corrected chi connectivity index (χ2v) is 7.43. The molecule has 3 heterocycles. The highest BCUT2D eigenvalue weighted by molar-refractivity contribution is 6.05. The fraction of sp³-hybridized carbons (Fsp3) is 0.450. The van der Waals surface area contributed by atoms with Gasteiger partial charge in [-0.05, 0) is 12.1 Å². The number of hydrogen-bond donors (Lipinski definition) is 4. The van der Waals surface area contributed by atoms with Crippen molar-refractivity contribution in [1.29, 1.82) is 5.41 Å². The molecular formula is C20H25F3N8O3. The van der Waals surface area contributed by atoms with Crippen molar-refractivity contribution in [2.24, 2.45) is 4.99 Å². The number of β-amino-alcohol motifs (C(OH)–C–C–N with tert-alkyl or cyclic N) is 1. The third-order valence-corrected chi connectivity index (χ3v) is 4.91. The van der Waals surface area contributed by atoms with Gasteiger partial charge in [0.25, 0.3) is 5.91 Å². The van der Waals surface area contributed by atoms with Crippen LogP contribution in [0.2, 0.25) is 0 Å². The molecule has 1 saturated heterocycles. The summed E-state index contributed by atoms with van der Waals surface area (Å²) in [5, 5.41) is 22.4. The van der Waals surface area contributed by atoms with Gasteiger partial charge in [-0.3, -0.25) is 20.1 Å². The number of carbonyl (C=O) groups excluding carboxylic acids is 1. The lowest BCUT2D eigenvalue weighted by atomic mass is 10.2. The second kappa shape index (κ2) is 11.1. The highest BCUT2D eigenvalue weighted by Gasteiger charge is 2.28. The molecule has 1 fully saturated rings. The third-order valence-electron chi connectivity index (χ3n) is 4.91. The molecule has 2 aromatic rings. The van der Waals surface area contributed by atoms with Crippen molar-refractivity contribution in [2.45, 2.75) is 12.2 Å². The monoisotopic (exact) mass is 482 g/mol. The van der Waals surface area contributed by atoms with Gasteiger partial charge in [-0.25, -0.2) is 9.97 Å². The van der Waals surface area contributed by atoms with E-state index in [1.165, 1.54) is 31.6 Å². The Balaban J connectivity index is 1.66. The van der Waals surface area contributed by atoms with Crippen LogP contribution in [0.5, 0.6) is 0 Å². The highest BCUT2D eigenvalue weighted by Crippen LogP contribution is 2.22. The number of nitrogens with zero attached hydrogens (tertiary/aromatic N) is 5. The van der Waals surface area contributed by atoms with Crippen LogP contribution in [0.4, 0.5) is 19.0 Å². The summed E-state index contributed by atoms with van der Waals surface area (Å²) in [6.45, 7) is 0.972. The summed E-state index contributed by atoms with van der Waals surface area (Å²) in [5.74, 6) is -0.469. The molecule has 1 aliphatic rings. The van der Waals surface area contributed by atoms with Crippen molar-refractivity contribution in [1.82, 2.24) is 25.1 Å². The maximum absolute atomic E-state index is 12.7. The Hall–Kier alpha value is -3.52. The molecule has 3 rings (SSSR count). The zero-order chi connectivity index (χ0) is 24.7. The van der Waals surface area contributed by atoms with Crippen LogP contribution in [-0.4, -0.2) is 102 Å². The van der Waals surface area contributed by atoms with E-state index in [1.807, 2.05) is 4.90 Å². The van der Waals surface area contributed by atoms with Crippen molar-refractivity contribution >= 4 is 23.8 Å². The number of halogens is 3. The SMILES string of the molecule is CN=CC(NC(=O)c1coc(-c2ccnc(NCC(F)(F)F)c2)n1)C(=N)N1CCN(CCO)C1. The van der Waals surface area contributed by atoms with Crippen molar-refractivity contribution in [3.05, 3.63) is 30.3 Å². The fourth-order valence-electron chi connectivity index (χ4n) is 3.26. The number of carbonyl (C=O) groups is 1. The smallest absolute Gasteiger partial charge is 0.405 e. The zero-order valence-corrected chi connectivity index (χ0v) is 18.3. The highest BCUT2D eigenvalue weighted by atomic mass is 19.4. The topological polar surface area (TPSA) is 143 Å². The number of amidine groups is 1. The molecule has 0 aliphatic carbocycles. The number of alkyl halides is 3. The van der Waals surface area contributed by atoms with Crippen molar-refractivity contribution in [3.63, 3.8) is 0 Å². The van der Waals surface area contributed by atoms with E-state index < -0.39 is 24.7 Å². The molecule has 11 nitrogen and oxygen atoms in total. The standard InChI is InChI=1S/C20H25F3N8O3/c1-25-9-14(17(24)31-5-4-30(12-31)6-7-32)28-18(33)15-10-34-19(29-15)13-2-3-26-16(8-13)27-11-20(21,22)23/h2-3,8-10,14,24,32H,4-7,11-12H2,1H3,(H,26,27)(H,28,33). The van der Waals surface area contributed by atoms with E-state index in [-0.39, 0.29) is 29.8 Å². The number of pyridine rings is 1. The first kappa shape index (κ1) is 25.1. The molecule has 14 heteroatoms. The van der Waals surface area contributed by atoms with E-state index in [9.17, 15) is 18.0 Å². The molecular weight excluding hydrogens is 457 g/mol. The summed E-state index contributed by atoms with van der Waals surface area (Å²) in [4.78, 5) is 28.4. The normalized spacial score (nSPS) is 15.6. The van der Waals surface area contributed by atoms with Gasteiger partial charge in [-0.15, -0.1) is 0 Å². The van der Waals surface area contributed by atoms with Crippen molar-refractivity contribution in [3.8, 4) is 11.5 Å². The van der Waals surface area contributed by atoms with Gasteiger partial charge in [-0.1, -0.05) is 0 Å². The van der Waals surface area contributed by atoms with Gasteiger partial charge in [0.05, 0.1) is 13.3 Å². The average Bonchev–Trinajstić information content (AvgIpc) is 3.47. The summed E-state index contributed by atoms with van der Waals surface area (Å²) in [5.41, 5.74) is 0.265. The van der Waals surface area contributed by atoms with Gasteiger partial charge < -0.3 is 25.1 Å². The van der Waals surface area contributed by atoms with E-state index in [1.54, 1.807) is 4.90 Å². The number of oxazole rings is 1. The van der Waals surface area contributed by atoms with Gasteiger partial charge in [0.2, 0.25) is 5.89 Å². The number of anilines is 1. The molecule has 0 spiro atoms. The molecule has 1 unspecified atom stereocenters. The Kier molecular flexibility index (Phi) is 8.17. The van der Waals surface area contributed by atoms with Crippen LogP contribution in [0.1, 0.15) is 10.5 Å². The van der Waals surface area contributed by atoms with Gasteiger partial charge in [0.1, 0.15) is 30.5 Å². The van der Waals surface area contributed by atoms with E-state index in [0.29, 0.717) is 31.9 Å². The number of hydrogen-bond acceptors (Lipinski definition) is 9. The summed E-state index contributed by atoms with van der Waals surface area (Å²) in [7, 11) is 1.52. The summed E-state index contributed by atoms with van der Waals surface area (Å²) in [6.07, 6.45) is -0.554. The number of nitrogens with one attached hydrogen (secondary N) is 3. The Labute approximate surface area is 193 Å². The molecule has 0 aromatic carbocycles. The summed E-state index contributed by atoms with van der Waals surface area (Å²) >= 11 is 0. The molecule has 2 aromatic heterocycles. The Bertz CT molecular complexity index is 1030. The van der Waals surface area contributed by atoms with Crippen molar-refractivity contribution in [2.75, 3.05) is 51.8 Å². The summed E-state index contributed by atoms with van der Waals surface area (Å²) in [6, 6.07) is 2.00. The Morgan fingerprint density at radius 2 is 2.24 bits per heavy atom. The lowest BCUT2D eigenvalue weighted by Gasteiger charge is -2.24. The van der Waals surface area contributed by atoms with Gasteiger partial charge >= 0.3 is 6.18 Å². The van der Waals surface area contributed by atoms with Gasteiger partial charge in [0, 0.05) is 44.7 Å². The second-order valence-electron chi connectivity index (χ2n) is 7.43. The minimum absolute atomic E-state index is 0.0175. The van der Waals surface area contributed by atoms with Crippen LogP contribution in [0.25, 0.3) is 11.5 Å². The lowest BCUT2D eigenvalue weighted by Crippen LogP contribution is -2.49. The number of aliphatic hydroxyl groups excluding tert-OH is 1. The number of aliphatic imine (C=N–C) groups is 1. The number of amides is 1. The molecule has 184 valence electrons. The number of aromatic nitrogens is 2. The fourth-order valence-corrected chi connectivity index (χ4v) is 3.26. The predicted molar refractivity (Wildman–Crippen MR) is 118 cm³/mol. The van der Waals surface area contributed by atoms with Crippen LogP contribution in [0, 0.1) is 5.41 Å². The van der Waals surface area contributed by atoms with Crippen LogP contribution < -0.4 is 10.6 Å². The zero-order valence-electron chi connectivity index (χ0n) is 18.3. The van der Waals surface area contributed by atoms with E-state index in [4.69, 9.17) is 14.9 Å². The molecule has 0 radical (unpaired) electrons. The molecule has 4 N–H and O–H groups in total. The summed E-state index contributed by atoms with van der Waals surface area (Å²) < 4.78 is 42.6. The minimum atomic E-state index is -4.40. The molecule has 0 bridgehead atoms. The number of aliphatic hydroxyl groups is 1. The van der Waals surface area contributed by atoms with E-state index in [2.05, 4.69) is 25.6 Å². The molecule has 0 saturated carbocycles. The maximum Gasteiger partial charge on any atom is 0.405 e. The molecule has 1 aliphatic heterocycles. The van der Waals surface area contributed by atoms with Crippen LogP contribution in [0.15, 0.2) is 34.0 Å². The lowest BCUT2D eigenvalue weighted by molar-refractivity contribution is -0.115. The van der Waals surface area contributed by atoms with Gasteiger partial charge in [0.15, 0.2) is 5.69 Å². The average molecular weight is 482 g/mol. The molecule has 1 amide bonds. The largest absolute Gasteiger partial charge is 0.444 e. The quantitative estimate of drug-likeness (QED) is 0.307. The first-order valence-electron chi connectivity index (χ1n) is 10.3. The van der Waals surface area contributed by atoms with Crippen LogP contribution >= 0.6 is 0 Å².